The van der Waals surface area contributed by atoms with Crippen molar-refractivity contribution < 1.29 is 4.79 Å². The van der Waals surface area contributed by atoms with Gasteiger partial charge in [0.1, 0.15) is 21.9 Å². The molecule has 0 radical (unpaired) electrons. The second-order valence-corrected chi connectivity index (χ2v) is 6.63. The summed E-state index contributed by atoms with van der Waals surface area (Å²) < 4.78 is 2.02. The van der Waals surface area contributed by atoms with E-state index in [2.05, 4.69) is 15.3 Å². The molecule has 3 aromatic rings. The van der Waals surface area contributed by atoms with Gasteiger partial charge in [0.15, 0.2) is 0 Å². The number of nitrogens with one attached hydrogen (secondary N) is 1. The van der Waals surface area contributed by atoms with E-state index in [0.717, 1.165) is 10.2 Å². The van der Waals surface area contributed by atoms with Gasteiger partial charge in [-0.25, -0.2) is 9.97 Å². The highest BCUT2D eigenvalue weighted by Gasteiger charge is 2.17. The SMILES string of the molecule is CCc1nc2c(sc3ncccc32)c(=O)n1CC(=O)NC(C)C. The third kappa shape index (κ3) is 2.84. The molecule has 0 fully saturated rings. The number of aryl methyl sites for hydroxylation is 1. The number of hydrogen-bond acceptors (Lipinski definition) is 5. The average molecular weight is 330 g/mol. The van der Waals surface area contributed by atoms with Crippen molar-refractivity contribution in [3.8, 4) is 0 Å². The Balaban J connectivity index is 2.18. The number of carbonyl (C=O) groups is 1. The van der Waals surface area contributed by atoms with Crippen LogP contribution in [0.1, 0.15) is 26.6 Å². The molecule has 0 spiro atoms. The molecule has 6 nitrogen and oxygen atoms in total. The molecule has 0 aromatic carbocycles. The van der Waals surface area contributed by atoms with Crippen molar-refractivity contribution in [1.29, 1.82) is 0 Å². The molecule has 3 heterocycles. The maximum atomic E-state index is 12.8. The van der Waals surface area contributed by atoms with Gasteiger partial charge < -0.3 is 5.32 Å². The highest BCUT2D eigenvalue weighted by Crippen LogP contribution is 2.28. The summed E-state index contributed by atoms with van der Waals surface area (Å²) >= 11 is 1.32. The molecular weight excluding hydrogens is 312 g/mol. The smallest absolute Gasteiger partial charge is 0.272 e. The van der Waals surface area contributed by atoms with Gasteiger partial charge in [0, 0.05) is 24.0 Å². The Hall–Kier alpha value is -2.28. The summed E-state index contributed by atoms with van der Waals surface area (Å²) in [4.78, 5) is 34.6. The lowest BCUT2D eigenvalue weighted by molar-refractivity contribution is -0.122. The fraction of sp³-hybridized carbons (Fsp3) is 0.375. The molecular formula is C16H18N4O2S. The van der Waals surface area contributed by atoms with Crippen LogP contribution in [-0.2, 0) is 17.8 Å². The Morgan fingerprint density at radius 2 is 2.22 bits per heavy atom. The van der Waals surface area contributed by atoms with Crippen LogP contribution in [0.4, 0.5) is 0 Å². The maximum Gasteiger partial charge on any atom is 0.272 e. The summed E-state index contributed by atoms with van der Waals surface area (Å²) in [6, 6.07) is 3.79. The molecule has 0 saturated heterocycles. The van der Waals surface area contributed by atoms with Gasteiger partial charge in [0.05, 0.1) is 5.52 Å². The van der Waals surface area contributed by atoms with Crippen LogP contribution in [0.15, 0.2) is 23.1 Å². The number of thiophene rings is 1. The lowest BCUT2D eigenvalue weighted by Crippen LogP contribution is -2.37. The van der Waals surface area contributed by atoms with Gasteiger partial charge in [0.2, 0.25) is 5.91 Å². The number of nitrogens with zero attached hydrogens (tertiary/aromatic N) is 3. The topological polar surface area (TPSA) is 76.9 Å². The minimum atomic E-state index is -0.183. The zero-order chi connectivity index (χ0) is 16.6. The number of amides is 1. The fourth-order valence-corrected chi connectivity index (χ4v) is 3.58. The Morgan fingerprint density at radius 3 is 2.91 bits per heavy atom. The number of rotatable bonds is 4. The van der Waals surface area contributed by atoms with Crippen molar-refractivity contribution in [2.45, 2.75) is 39.8 Å². The zero-order valence-corrected chi connectivity index (χ0v) is 14.1. The van der Waals surface area contributed by atoms with E-state index >= 15 is 0 Å². The molecule has 0 aliphatic rings. The minimum Gasteiger partial charge on any atom is -0.352 e. The normalized spacial score (nSPS) is 11.5. The number of fused-ring (bicyclic) bond motifs is 3. The van der Waals surface area contributed by atoms with Crippen LogP contribution in [0.5, 0.6) is 0 Å². The monoisotopic (exact) mass is 330 g/mol. The first-order chi connectivity index (χ1) is 11.0. The molecule has 0 unspecified atom stereocenters. The summed E-state index contributed by atoms with van der Waals surface area (Å²) in [5.41, 5.74) is 0.509. The van der Waals surface area contributed by atoms with Crippen molar-refractivity contribution in [1.82, 2.24) is 19.9 Å². The first-order valence-corrected chi connectivity index (χ1v) is 8.39. The van der Waals surface area contributed by atoms with Crippen LogP contribution in [0, 0.1) is 0 Å². The molecule has 3 aromatic heterocycles. The quantitative estimate of drug-likeness (QED) is 0.795. The Labute approximate surface area is 137 Å². The number of carbonyl (C=O) groups excluding carboxylic acids is 1. The Bertz CT molecular complexity index is 942. The standard InChI is InChI=1S/C16H18N4O2S/c1-4-11-19-13-10-6-5-7-17-15(10)23-14(13)16(22)20(11)8-12(21)18-9(2)3/h5-7,9H,4,8H2,1-3H3,(H,18,21). The third-order valence-electron chi connectivity index (χ3n) is 3.50. The summed E-state index contributed by atoms with van der Waals surface area (Å²) in [6.45, 7) is 5.70. The lowest BCUT2D eigenvalue weighted by Gasteiger charge is -2.13. The van der Waals surface area contributed by atoms with Crippen LogP contribution >= 0.6 is 11.3 Å². The van der Waals surface area contributed by atoms with E-state index < -0.39 is 0 Å². The van der Waals surface area contributed by atoms with Gasteiger partial charge in [-0.1, -0.05) is 6.92 Å². The van der Waals surface area contributed by atoms with E-state index in [9.17, 15) is 9.59 Å². The van der Waals surface area contributed by atoms with Crippen molar-refractivity contribution in [2.75, 3.05) is 0 Å². The predicted octanol–water partition coefficient (Wildman–Crippen LogP) is 2.09. The number of pyridine rings is 1. The van der Waals surface area contributed by atoms with Crippen LogP contribution in [0.2, 0.25) is 0 Å². The Morgan fingerprint density at radius 1 is 1.43 bits per heavy atom. The second kappa shape index (κ2) is 6.08. The van der Waals surface area contributed by atoms with Crippen LogP contribution < -0.4 is 10.9 Å². The second-order valence-electron chi connectivity index (χ2n) is 5.63. The molecule has 1 N–H and O–H groups in total. The van der Waals surface area contributed by atoms with Crippen LogP contribution in [0.3, 0.4) is 0 Å². The average Bonchev–Trinajstić information content (AvgIpc) is 2.88. The zero-order valence-electron chi connectivity index (χ0n) is 13.3. The molecule has 1 amide bonds. The molecule has 0 aliphatic heterocycles. The van der Waals surface area contributed by atoms with Crippen molar-refractivity contribution in [2.24, 2.45) is 0 Å². The van der Waals surface area contributed by atoms with Crippen molar-refractivity contribution >= 4 is 37.7 Å². The molecule has 0 atom stereocenters. The highest BCUT2D eigenvalue weighted by molar-refractivity contribution is 7.25. The van der Waals surface area contributed by atoms with Crippen LogP contribution in [0.25, 0.3) is 20.4 Å². The first-order valence-electron chi connectivity index (χ1n) is 7.57. The molecule has 0 bridgehead atoms. The lowest BCUT2D eigenvalue weighted by atomic mass is 10.3. The fourth-order valence-electron chi connectivity index (χ4n) is 2.55. The van der Waals surface area contributed by atoms with Gasteiger partial charge in [0.25, 0.3) is 5.56 Å². The van der Waals surface area contributed by atoms with Gasteiger partial charge in [-0.15, -0.1) is 11.3 Å². The van der Waals surface area contributed by atoms with Crippen molar-refractivity contribution in [3.05, 3.63) is 34.5 Å². The van der Waals surface area contributed by atoms with E-state index in [0.29, 0.717) is 22.5 Å². The molecule has 0 aliphatic carbocycles. The first kappa shape index (κ1) is 15.6. The van der Waals surface area contributed by atoms with E-state index in [4.69, 9.17) is 0 Å². The van der Waals surface area contributed by atoms with E-state index in [1.54, 1.807) is 6.20 Å². The van der Waals surface area contributed by atoms with Gasteiger partial charge in [-0.3, -0.25) is 14.2 Å². The molecule has 23 heavy (non-hydrogen) atoms. The Kier molecular flexibility index (Phi) is 4.12. The molecule has 3 rings (SSSR count). The largest absolute Gasteiger partial charge is 0.352 e. The summed E-state index contributed by atoms with van der Waals surface area (Å²) in [5, 5.41) is 3.70. The molecule has 120 valence electrons. The maximum absolute atomic E-state index is 12.8. The highest BCUT2D eigenvalue weighted by atomic mass is 32.1. The molecule has 0 saturated carbocycles. The van der Waals surface area contributed by atoms with E-state index in [1.165, 1.54) is 15.9 Å². The van der Waals surface area contributed by atoms with Crippen molar-refractivity contribution in [3.63, 3.8) is 0 Å². The summed E-state index contributed by atoms with van der Waals surface area (Å²) in [5.74, 6) is 0.433. The van der Waals surface area contributed by atoms with E-state index in [1.807, 2.05) is 32.9 Å². The predicted molar refractivity (Wildman–Crippen MR) is 91.8 cm³/mol. The van der Waals surface area contributed by atoms with Gasteiger partial charge >= 0.3 is 0 Å². The summed E-state index contributed by atoms with van der Waals surface area (Å²) in [6.07, 6.45) is 2.28. The van der Waals surface area contributed by atoms with Gasteiger partial charge in [-0.05, 0) is 26.0 Å². The van der Waals surface area contributed by atoms with Gasteiger partial charge in [-0.2, -0.15) is 0 Å². The summed E-state index contributed by atoms with van der Waals surface area (Å²) in [7, 11) is 0. The minimum absolute atomic E-state index is 0.00913. The third-order valence-corrected chi connectivity index (χ3v) is 4.59. The number of aromatic nitrogens is 3. The molecule has 7 heteroatoms. The van der Waals surface area contributed by atoms with Crippen LogP contribution in [-0.4, -0.2) is 26.5 Å². The number of hydrogen-bond donors (Lipinski definition) is 1. The van der Waals surface area contributed by atoms with E-state index in [-0.39, 0.29) is 24.1 Å².